The molecule has 19 heavy (non-hydrogen) atoms. The normalized spacial score (nSPS) is 16.6. The molecule has 0 amide bonds. The van der Waals surface area contributed by atoms with Crippen LogP contribution in [0.3, 0.4) is 0 Å². The van der Waals surface area contributed by atoms with Gasteiger partial charge < -0.3 is 15.4 Å². The van der Waals surface area contributed by atoms with Crippen LogP contribution in [0, 0.1) is 0 Å². The number of rotatable bonds is 6. The molecule has 1 aromatic rings. The number of anilines is 1. The Morgan fingerprint density at radius 2 is 2.21 bits per heavy atom. The Hall–Kier alpha value is -1.33. The van der Waals surface area contributed by atoms with Crippen molar-refractivity contribution in [3.63, 3.8) is 0 Å². The van der Waals surface area contributed by atoms with Crippen molar-refractivity contribution in [2.45, 2.75) is 20.0 Å². The Morgan fingerprint density at radius 3 is 2.95 bits per heavy atom. The first kappa shape index (κ1) is 14.1. The first-order valence-corrected chi connectivity index (χ1v) is 7.04. The van der Waals surface area contributed by atoms with Crippen molar-refractivity contribution in [3.05, 3.63) is 18.3 Å². The molecule has 0 atom stereocenters. The summed E-state index contributed by atoms with van der Waals surface area (Å²) in [4.78, 5) is 6.80. The first-order valence-electron chi connectivity index (χ1n) is 7.04. The lowest BCUT2D eigenvalue weighted by atomic mass is 10.3. The highest BCUT2D eigenvalue weighted by Gasteiger charge is 2.10. The third kappa shape index (κ3) is 4.69. The number of hydrogen-bond acceptors (Lipinski definition) is 5. The van der Waals surface area contributed by atoms with Crippen molar-refractivity contribution in [1.82, 2.24) is 15.2 Å². The fourth-order valence-corrected chi connectivity index (χ4v) is 2.14. The number of aromatic nitrogens is 1. The average molecular weight is 264 g/mol. The molecule has 0 aromatic carbocycles. The molecule has 1 aliphatic rings. The SMILES string of the molecule is CC(C)Oc1cccnc1NCCN1CCNCC1. The predicted octanol–water partition coefficient (Wildman–Crippen LogP) is 1.19. The minimum absolute atomic E-state index is 0.165. The zero-order valence-corrected chi connectivity index (χ0v) is 11.9. The van der Waals surface area contributed by atoms with E-state index < -0.39 is 0 Å². The van der Waals surface area contributed by atoms with Gasteiger partial charge in [0.05, 0.1) is 6.10 Å². The smallest absolute Gasteiger partial charge is 0.168 e. The summed E-state index contributed by atoms with van der Waals surface area (Å²) in [6, 6.07) is 3.86. The van der Waals surface area contributed by atoms with E-state index in [-0.39, 0.29) is 6.10 Å². The lowest BCUT2D eigenvalue weighted by Gasteiger charge is -2.27. The standard InChI is InChI=1S/C14H24N4O/c1-12(2)19-13-4-3-5-16-14(13)17-8-11-18-9-6-15-7-10-18/h3-5,12,15H,6-11H2,1-2H3,(H,16,17). The van der Waals surface area contributed by atoms with Gasteiger partial charge in [0.15, 0.2) is 11.6 Å². The molecule has 0 saturated carbocycles. The summed E-state index contributed by atoms with van der Waals surface area (Å²) in [7, 11) is 0. The first-order chi connectivity index (χ1) is 9.25. The third-order valence-electron chi connectivity index (χ3n) is 3.06. The van der Waals surface area contributed by atoms with Crippen LogP contribution < -0.4 is 15.4 Å². The van der Waals surface area contributed by atoms with Crippen molar-refractivity contribution in [3.8, 4) is 5.75 Å². The van der Waals surface area contributed by atoms with Gasteiger partial charge in [-0.05, 0) is 26.0 Å². The largest absolute Gasteiger partial charge is 0.487 e. The second-order valence-electron chi connectivity index (χ2n) is 5.04. The number of pyridine rings is 1. The fourth-order valence-electron chi connectivity index (χ4n) is 2.14. The van der Waals surface area contributed by atoms with Crippen LogP contribution in [0.2, 0.25) is 0 Å². The van der Waals surface area contributed by atoms with E-state index in [1.54, 1.807) is 6.20 Å². The number of nitrogens with one attached hydrogen (secondary N) is 2. The molecular weight excluding hydrogens is 240 g/mol. The highest BCUT2D eigenvalue weighted by atomic mass is 16.5. The van der Waals surface area contributed by atoms with Gasteiger partial charge in [-0.3, -0.25) is 4.90 Å². The molecule has 5 heteroatoms. The number of piperazine rings is 1. The van der Waals surface area contributed by atoms with E-state index in [0.29, 0.717) is 0 Å². The second-order valence-corrected chi connectivity index (χ2v) is 5.04. The molecule has 1 saturated heterocycles. The molecule has 106 valence electrons. The zero-order chi connectivity index (χ0) is 13.5. The Morgan fingerprint density at radius 1 is 1.42 bits per heavy atom. The quantitative estimate of drug-likeness (QED) is 0.808. The Balaban J connectivity index is 1.81. The highest BCUT2D eigenvalue weighted by molar-refractivity contribution is 5.49. The number of hydrogen-bond donors (Lipinski definition) is 2. The van der Waals surface area contributed by atoms with E-state index in [4.69, 9.17) is 4.74 Å². The van der Waals surface area contributed by atoms with Crippen LogP contribution >= 0.6 is 0 Å². The van der Waals surface area contributed by atoms with Gasteiger partial charge in [0.25, 0.3) is 0 Å². The van der Waals surface area contributed by atoms with Gasteiger partial charge in [-0.15, -0.1) is 0 Å². The van der Waals surface area contributed by atoms with Gasteiger partial charge in [0.2, 0.25) is 0 Å². The molecule has 1 aliphatic heterocycles. The summed E-state index contributed by atoms with van der Waals surface area (Å²) < 4.78 is 5.74. The van der Waals surface area contributed by atoms with Crippen molar-refractivity contribution in [1.29, 1.82) is 0 Å². The Bertz CT molecular complexity index is 377. The number of ether oxygens (including phenoxy) is 1. The molecule has 1 fully saturated rings. The zero-order valence-electron chi connectivity index (χ0n) is 11.9. The van der Waals surface area contributed by atoms with Gasteiger partial charge in [0, 0.05) is 45.5 Å². The fraction of sp³-hybridized carbons (Fsp3) is 0.643. The maximum atomic E-state index is 5.74. The van der Waals surface area contributed by atoms with Gasteiger partial charge in [-0.1, -0.05) is 0 Å². The minimum Gasteiger partial charge on any atom is -0.487 e. The lowest BCUT2D eigenvalue weighted by Crippen LogP contribution is -2.45. The Labute approximate surface area is 115 Å². The van der Waals surface area contributed by atoms with Crippen LogP contribution in [0.5, 0.6) is 5.75 Å². The van der Waals surface area contributed by atoms with Gasteiger partial charge in [0.1, 0.15) is 0 Å². The molecule has 0 unspecified atom stereocenters. The predicted molar refractivity (Wildman–Crippen MR) is 77.8 cm³/mol. The summed E-state index contributed by atoms with van der Waals surface area (Å²) >= 11 is 0. The molecule has 2 heterocycles. The summed E-state index contributed by atoms with van der Waals surface area (Å²) in [5, 5.41) is 6.73. The summed E-state index contributed by atoms with van der Waals surface area (Å²) in [6.45, 7) is 10.4. The van der Waals surface area contributed by atoms with Crippen molar-refractivity contribution >= 4 is 5.82 Å². The van der Waals surface area contributed by atoms with Crippen LogP contribution in [0.25, 0.3) is 0 Å². The van der Waals surface area contributed by atoms with Gasteiger partial charge >= 0.3 is 0 Å². The van der Waals surface area contributed by atoms with E-state index in [0.717, 1.165) is 50.8 Å². The van der Waals surface area contributed by atoms with Crippen molar-refractivity contribution in [2.75, 3.05) is 44.6 Å². The van der Waals surface area contributed by atoms with E-state index in [2.05, 4.69) is 20.5 Å². The van der Waals surface area contributed by atoms with E-state index >= 15 is 0 Å². The highest BCUT2D eigenvalue weighted by Crippen LogP contribution is 2.21. The summed E-state index contributed by atoms with van der Waals surface area (Å²) in [6.07, 6.45) is 1.96. The Kier molecular flexibility index (Phi) is 5.42. The molecule has 5 nitrogen and oxygen atoms in total. The number of nitrogens with zero attached hydrogens (tertiary/aromatic N) is 2. The summed E-state index contributed by atoms with van der Waals surface area (Å²) in [5.74, 6) is 1.67. The van der Waals surface area contributed by atoms with Crippen molar-refractivity contribution < 1.29 is 4.74 Å². The molecule has 0 bridgehead atoms. The maximum absolute atomic E-state index is 5.74. The van der Waals surface area contributed by atoms with Crippen molar-refractivity contribution in [2.24, 2.45) is 0 Å². The summed E-state index contributed by atoms with van der Waals surface area (Å²) in [5.41, 5.74) is 0. The molecule has 2 rings (SSSR count). The third-order valence-corrected chi connectivity index (χ3v) is 3.06. The molecule has 0 radical (unpaired) electrons. The van der Waals surface area contributed by atoms with Crippen LogP contribution in [-0.2, 0) is 0 Å². The van der Waals surface area contributed by atoms with E-state index in [1.165, 1.54) is 0 Å². The molecule has 1 aromatic heterocycles. The topological polar surface area (TPSA) is 49.4 Å². The minimum atomic E-state index is 0.165. The lowest BCUT2D eigenvalue weighted by molar-refractivity contribution is 0.241. The second kappa shape index (κ2) is 7.31. The van der Waals surface area contributed by atoms with Gasteiger partial charge in [-0.25, -0.2) is 4.98 Å². The average Bonchev–Trinajstić information content (AvgIpc) is 2.41. The molecule has 0 aliphatic carbocycles. The van der Waals surface area contributed by atoms with E-state index in [1.807, 2.05) is 26.0 Å². The monoisotopic (exact) mass is 264 g/mol. The van der Waals surface area contributed by atoms with Crippen LogP contribution in [0.1, 0.15) is 13.8 Å². The molecule has 0 spiro atoms. The van der Waals surface area contributed by atoms with Crippen LogP contribution in [0.15, 0.2) is 18.3 Å². The maximum Gasteiger partial charge on any atom is 0.168 e. The van der Waals surface area contributed by atoms with Gasteiger partial charge in [-0.2, -0.15) is 0 Å². The van der Waals surface area contributed by atoms with Crippen LogP contribution in [0.4, 0.5) is 5.82 Å². The molecule has 2 N–H and O–H groups in total. The van der Waals surface area contributed by atoms with E-state index in [9.17, 15) is 0 Å². The van der Waals surface area contributed by atoms with Crippen LogP contribution in [-0.4, -0.2) is 55.3 Å². The molecular formula is C14H24N4O.